The maximum absolute atomic E-state index is 13.1. The van der Waals surface area contributed by atoms with Gasteiger partial charge in [-0.15, -0.1) is 0 Å². The number of esters is 4. The molecule has 0 aliphatic heterocycles. The van der Waals surface area contributed by atoms with Crippen LogP contribution in [0.1, 0.15) is 114 Å². The highest BCUT2D eigenvalue weighted by atomic mass is 16.6. The Hall–Kier alpha value is -2.42. The van der Waals surface area contributed by atoms with Crippen LogP contribution >= 0.6 is 0 Å². The third-order valence-corrected chi connectivity index (χ3v) is 10.2. The van der Waals surface area contributed by atoms with Crippen molar-refractivity contribution in [2.75, 3.05) is 0 Å². The van der Waals surface area contributed by atoms with E-state index in [1.165, 1.54) is 6.92 Å². The molecule has 2 saturated carbocycles. The first-order valence-corrected chi connectivity index (χ1v) is 16.3. The second kappa shape index (κ2) is 14.1. The smallest absolute Gasteiger partial charge is 0.306 e. The molecule has 0 aromatic heterocycles. The Labute approximate surface area is 257 Å². The van der Waals surface area contributed by atoms with Gasteiger partial charge in [0.2, 0.25) is 0 Å². The fraction of sp³-hybridized carbons (Fsp3) is 0.824. The normalized spacial score (nSPS) is 37.0. The Balaban J connectivity index is 2.26. The molecule has 0 spiro atoms. The number of aliphatic hydroxyl groups excluding tert-OH is 1. The van der Waals surface area contributed by atoms with Gasteiger partial charge < -0.3 is 24.1 Å². The van der Waals surface area contributed by atoms with Crippen LogP contribution in [-0.2, 0) is 38.1 Å². The molecule has 0 saturated heterocycles. The molecule has 0 unspecified atom stereocenters. The molecule has 0 heterocycles. The molecule has 0 aromatic rings. The molecule has 2 fully saturated rings. The van der Waals surface area contributed by atoms with Gasteiger partial charge in [-0.05, 0) is 62.4 Å². The molecule has 0 amide bonds. The minimum Gasteiger partial charge on any atom is -0.462 e. The first-order chi connectivity index (χ1) is 20.1. The number of hydrogen-bond acceptors (Lipinski definition) is 9. The highest BCUT2D eigenvalue weighted by Gasteiger charge is 2.69. The van der Waals surface area contributed by atoms with Gasteiger partial charge >= 0.3 is 23.9 Å². The van der Waals surface area contributed by atoms with Gasteiger partial charge in [-0.2, -0.15) is 0 Å². The predicted molar refractivity (Wildman–Crippen MR) is 160 cm³/mol. The van der Waals surface area contributed by atoms with E-state index in [0.717, 1.165) is 0 Å². The maximum atomic E-state index is 13.1. The lowest BCUT2D eigenvalue weighted by atomic mass is 9.49. The monoisotopic (exact) mass is 606 g/mol. The van der Waals surface area contributed by atoms with Crippen LogP contribution in [0.3, 0.4) is 0 Å². The van der Waals surface area contributed by atoms with Crippen molar-refractivity contribution in [1.29, 1.82) is 0 Å². The Bertz CT molecular complexity index is 1070. The molecule has 9 heteroatoms. The number of hydrogen-bond donors (Lipinski definition) is 1. The number of aliphatic hydroxyl groups is 1. The van der Waals surface area contributed by atoms with Gasteiger partial charge in [-0.25, -0.2) is 0 Å². The van der Waals surface area contributed by atoms with Crippen LogP contribution in [0.25, 0.3) is 0 Å². The van der Waals surface area contributed by atoms with Crippen molar-refractivity contribution in [3.63, 3.8) is 0 Å². The zero-order valence-corrected chi connectivity index (χ0v) is 27.6. The highest BCUT2D eigenvalue weighted by Crippen LogP contribution is 2.67. The summed E-state index contributed by atoms with van der Waals surface area (Å²) < 4.78 is 24.2. The molecule has 3 aliphatic carbocycles. The van der Waals surface area contributed by atoms with Crippen molar-refractivity contribution in [1.82, 2.24) is 0 Å². The second-order valence-electron chi connectivity index (χ2n) is 13.9. The van der Waals surface area contributed by atoms with Gasteiger partial charge in [0, 0.05) is 42.9 Å². The minimum atomic E-state index is -1.33. The summed E-state index contributed by atoms with van der Waals surface area (Å²) >= 11 is 0. The van der Waals surface area contributed by atoms with E-state index in [1.54, 1.807) is 0 Å². The summed E-state index contributed by atoms with van der Waals surface area (Å²) in [5.74, 6) is -1.96. The Morgan fingerprint density at radius 2 is 1.40 bits per heavy atom. The fourth-order valence-corrected chi connectivity index (χ4v) is 8.29. The number of carbonyl (C=O) groups excluding carboxylic acids is 4. The summed E-state index contributed by atoms with van der Waals surface area (Å²) in [4.78, 5) is 51.1. The minimum absolute atomic E-state index is 0.0960. The summed E-state index contributed by atoms with van der Waals surface area (Å²) in [6.45, 7) is 17.2. The molecule has 0 aromatic carbocycles. The van der Waals surface area contributed by atoms with Gasteiger partial charge in [0.25, 0.3) is 0 Å². The molecule has 10 atom stereocenters. The summed E-state index contributed by atoms with van der Waals surface area (Å²) in [6.07, 6.45) is 1.22. The Morgan fingerprint density at radius 3 is 1.91 bits per heavy atom. The third kappa shape index (κ3) is 7.12. The predicted octanol–water partition coefficient (Wildman–Crippen LogP) is 5.70. The van der Waals surface area contributed by atoms with Crippen LogP contribution in [-0.4, -0.2) is 59.5 Å². The van der Waals surface area contributed by atoms with Crippen LogP contribution in [0, 0.1) is 34.5 Å². The SMILES string of the molecule is CCCC(=O)O[C@@H]1C[C@@]2(C)[C@@H]([C@@H]1C(C)C)[C@@H]1C=C(C)[C@@H](OC(C)=O)[C@@H](O)[C@H](OC(=O)CCC)[C@@]1(C)C[C@H]2OC(=O)CCC. The quantitative estimate of drug-likeness (QED) is 0.179. The van der Waals surface area contributed by atoms with Crippen LogP contribution in [0.2, 0.25) is 0 Å². The van der Waals surface area contributed by atoms with Crippen molar-refractivity contribution in [3.05, 3.63) is 11.6 Å². The number of carbonyl (C=O) groups is 4. The Kier molecular flexibility index (Phi) is 11.5. The van der Waals surface area contributed by atoms with Crippen LogP contribution in [0.15, 0.2) is 11.6 Å². The maximum Gasteiger partial charge on any atom is 0.306 e. The van der Waals surface area contributed by atoms with Gasteiger partial charge in [0.05, 0.1) is 0 Å². The average molecular weight is 607 g/mol. The molecule has 0 radical (unpaired) electrons. The molecule has 9 nitrogen and oxygen atoms in total. The molecular formula is C34H54O9. The van der Waals surface area contributed by atoms with E-state index < -0.39 is 53.3 Å². The van der Waals surface area contributed by atoms with Gasteiger partial charge in [0.1, 0.15) is 24.4 Å². The zero-order valence-electron chi connectivity index (χ0n) is 27.6. The van der Waals surface area contributed by atoms with Crippen molar-refractivity contribution >= 4 is 23.9 Å². The number of rotatable bonds is 11. The van der Waals surface area contributed by atoms with E-state index in [2.05, 4.69) is 26.8 Å². The second-order valence-corrected chi connectivity index (χ2v) is 13.9. The average Bonchev–Trinajstić information content (AvgIpc) is 3.17. The lowest BCUT2D eigenvalue weighted by Gasteiger charge is -2.57. The zero-order chi connectivity index (χ0) is 32.3. The first kappa shape index (κ1) is 35.1. The third-order valence-electron chi connectivity index (χ3n) is 10.2. The van der Waals surface area contributed by atoms with E-state index in [-0.39, 0.29) is 48.5 Å². The van der Waals surface area contributed by atoms with Gasteiger partial charge in [0.15, 0.2) is 6.10 Å². The lowest BCUT2D eigenvalue weighted by molar-refractivity contribution is -0.212. The van der Waals surface area contributed by atoms with Crippen LogP contribution in [0.4, 0.5) is 0 Å². The van der Waals surface area contributed by atoms with Crippen molar-refractivity contribution in [3.8, 4) is 0 Å². The number of fused-ring (bicyclic) bond motifs is 3. The fourth-order valence-electron chi connectivity index (χ4n) is 8.29. The molecule has 244 valence electrons. The largest absolute Gasteiger partial charge is 0.462 e. The standard InChI is InChI=1S/C34H54O9/c1-10-13-25(36)41-23-17-34(9)24(42-26(37)14-11-2)18-33(8)22(29(34)28(23)19(4)5)16-20(6)31(40-21(7)35)30(39)32(33)43-27(38)15-12-3/h16,19,22-24,28-32,39H,10-15,17-18H2,1-9H3/t22-,23+,24+,28+,29+,30+,31+,32-,33-,34+/m0/s1. The van der Waals surface area contributed by atoms with Gasteiger partial charge in [-0.3, -0.25) is 19.2 Å². The van der Waals surface area contributed by atoms with E-state index in [0.29, 0.717) is 44.1 Å². The molecule has 3 rings (SSSR count). The molecule has 0 bridgehead atoms. The van der Waals surface area contributed by atoms with Crippen molar-refractivity contribution < 1.29 is 43.2 Å². The van der Waals surface area contributed by atoms with Gasteiger partial charge in [-0.1, -0.05) is 54.5 Å². The van der Waals surface area contributed by atoms with Crippen molar-refractivity contribution in [2.45, 2.75) is 144 Å². The van der Waals surface area contributed by atoms with E-state index in [9.17, 15) is 24.3 Å². The van der Waals surface area contributed by atoms with E-state index in [1.807, 2.05) is 34.6 Å². The molecule has 3 aliphatic rings. The summed E-state index contributed by atoms with van der Waals surface area (Å²) in [6, 6.07) is 0. The topological polar surface area (TPSA) is 125 Å². The summed E-state index contributed by atoms with van der Waals surface area (Å²) in [5.41, 5.74) is -0.790. The van der Waals surface area contributed by atoms with E-state index in [4.69, 9.17) is 18.9 Å². The Morgan fingerprint density at radius 1 is 0.860 bits per heavy atom. The molecule has 1 N–H and O–H groups in total. The first-order valence-electron chi connectivity index (χ1n) is 16.3. The van der Waals surface area contributed by atoms with Crippen LogP contribution in [0.5, 0.6) is 0 Å². The lowest BCUT2D eigenvalue weighted by Crippen LogP contribution is -2.61. The van der Waals surface area contributed by atoms with E-state index >= 15 is 0 Å². The molecule has 43 heavy (non-hydrogen) atoms. The van der Waals surface area contributed by atoms with Crippen LogP contribution < -0.4 is 0 Å². The number of allylic oxidation sites excluding steroid dienone is 1. The molecular weight excluding hydrogens is 552 g/mol. The summed E-state index contributed by atoms with van der Waals surface area (Å²) in [7, 11) is 0. The highest BCUT2D eigenvalue weighted by molar-refractivity contribution is 5.71. The summed E-state index contributed by atoms with van der Waals surface area (Å²) in [5, 5.41) is 11.8. The van der Waals surface area contributed by atoms with Crippen molar-refractivity contribution in [2.24, 2.45) is 34.5 Å². The number of ether oxygens (including phenoxy) is 4.